The maximum absolute atomic E-state index is 4.39. The van der Waals surface area contributed by atoms with E-state index >= 15 is 0 Å². The predicted octanol–water partition coefficient (Wildman–Crippen LogP) is 4.40. The van der Waals surface area contributed by atoms with Crippen LogP contribution < -0.4 is 5.01 Å². The maximum atomic E-state index is 4.39. The van der Waals surface area contributed by atoms with Crippen LogP contribution in [0.5, 0.6) is 0 Å². The van der Waals surface area contributed by atoms with Gasteiger partial charge in [-0.05, 0) is 30.6 Å². The van der Waals surface area contributed by atoms with Crippen molar-refractivity contribution in [1.29, 1.82) is 0 Å². The van der Waals surface area contributed by atoms with Crippen molar-refractivity contribution in [2.24, 2.45) is 5.10 Å². The molecule has 2 heterocycles. The molecule has 26 heavy (non-hydrogen) atoms. The first kappa shape index (κ1) is 16.8. The molecule has 0 atom stereocenters. The topological polar surface area (TPSA) is 23.8 Å². The van der Waals surface area contributed by atoms with Crippen molar-refractivity contribution in [3.63, 3.8) is 0 Å². The zero-order valence-corrected chi connectivity index (χ0v) is 16.5. The number of fused-ring (bicyclic) bond motifs is 3. The monoisotopic (exact) mass is 517 g/mol. The molecule has 1 radical (unpaired) electrons. The van der Waals surface area contributed by atoms with Crippen LogP contribution in [0.15, 0.2) is 71.8 Å². The Labute approximate surface area is 165 Å². The Balaban J connectivity index is 0.00000168. The molecule has 0 amide bonds. The molecule has 0 unspecified atom stereocenters. The average Bonchev–Trinajstić information content (AvgIpc) is 3.23. The number of aromatic nitrogens is 1. The molecule has 5 heteroatoms. The van der Waals surface area contributed by atoms with Crippen molar-refractivity contribution >= 4 is 33.8 Å². The Hall–Kier alpha value is -2.62. The largest absolute Gasteiger partial charge is 0.493 e. The molecule has 1 aliphatic rings. The zero-order chi connectivity index (χ0) is 16.8. The molecule has 131 valence electrons. The molecule has 4 aromatic rings. The fourth-order valence-electron chi connectivity index (χ4n) is 3.38. The van der Waals surface area contributed by atoms with E-state index in [1.165, 1.54) is 16.3 Å². The summed E-state index contributed by atoms with van der Waals surface area (Å²) in [5.74, 6) is 0. The maximum Gasteiger partial charge on any atom is 0.0803 e. The van der Waals surface area contributed by atoms with Crippen LogP contribution >= 0.6 is 0 Å². The van der Waals surface area contributed by atoms with Crippen LogP contribution in [0.4, 0.5) is 5.69 Å². The van der Waals surface area contributed by atoms with Gasteiger partial charge >= 0.3 is 0 Å². The Morgan fingerprint density at radius 1 is 0.923 bits per heavy atom. The van der Waals surface area contributed by atoms with E-state index in [0.29, 0.717) is 0 Å². The summed E-state index contributed by atoms with van der Waals surface area (Å²) in [6.45, 7) is 1.94. The molecule has 0 saturated carbocycles. The molecule has 0 bridgehead atoms. The minimum absolute atomic E-state index is 0. The summed E-state index contributed by atoms with van der Waals surface area (Å²) < 4.78 is 2.30. The quantitative estimate of drug-likeness (QED) is 0.369. The van der Waals surface area contributed by atoms with Crippen molar-refractivity contribution in [2.75, 3.05) is 12.1 Å². The second-order valence-electron chi connectivity index (χ2n) is 6.16. The molecule has 1 aromatic heterocycles. The SMILES string of the molecule is CN1C=NN(c2[c-]cc3c4ccccc4n(-c4ccccc4)c3c2)[CH-]1.[Ir]. The molecule has 5 rings (SSSR count). The van der Waals surface area contributed by atoms with E-state index in [2.05, 4.69) is 76.4 Å². The summed E-state index contributed by atoms with van der Waals surface area (Å²) in [5.41, 5.74) is 4.42. The van der Waals surface area contributed by atoms with Crippen molar-refractivity contribution in [3.8, 4) is 5.69 Å². The third-order valence-corrected chi connectivity index (χ3v) is 4.50. The summed E-state index contributed by atoms with van der Waals surface area (Å²) in [5, 5.41) is 8.65. The zero-order valence-electron chi connectivity index (χ0n) is 14.1. The molecule has 0 fully saturated rings. The number of hydrazone groups is 1. The normalized spacial score (nSPS) is 13.6. The smallest absolute Gasteiger partial charge is 0.0803 e. The second-order valence-corrected chi connectivity index (χ2v) is 6.16. The Kier molecular flexibility index (Phi) is 4.27. The van der Waals surface area contributed by atoms with Crippen molar-refractivity contribution in [3.05, 3.63) is 79.5 Å². The van der Waals surface area contributed by atoms with E-state index in [1.54, 1.807) is 6.34 Å². The minimum Gasteiger partial charge on any atom is -0.493 e. The Morgan fingerprint density at radius 3 is 2.46 bits per heavy atom. The van der Waals surface area contributed by atoms with E-state index in [1.807, 2.05) is 29.7 Å². The van der Waals surface area contributed by atoms with E-state index in [9.17, 15) is 0 Å². The summed E-state index contributed by atoms with van der Waals surface area (Å²) in [4.78, 5) is 1.92. The molecule has 0 aliphatic carbocycles. The number of hydrogen-bond donors (Lipinski definition) is 0. The van der Waals surface area contributed by atoms with Crippen LogP contribution in [0.3, 0.4) is 0 Å². The van der Waals surface area contributed by atoms with Crippen LogP contribution in [0.1, 0.15) is 0 Å². The number of anilines is 1. The molecular formula is C21H16IrN4-2. The van der Waals surface area contributed by atoms with Gasteiger partial charge in [-0.3, -0.25) is 0 Å². The number of hydrogen-bond acceptors (Lipinski definition) is 3. The molecule has 0 saturated heterocycles. The van der Waals surface area contributed by atoms with Gasteiger partial charge < -0.3 is 14.5 Å². The third kappa shape index (κ3) is 2.61. The standard InChI is InChI=1S/C21H16N4.Ir/c1-23-14-22-24(15-23)17-11-12-19-18-9-5-6-10-20(18)25(21(19)13-17)16-7-3-2-4-8-16;/h2-10,12-15H,1H3;/q-2;. The van der Waals surface area contributed by atoms with E-state index in [0.717, 1.165) is 16.9 Å². The van der Waals surface area contributed by atoms with Gasteiger partial charge in [0.2, 0.25) is 0 Å². The van der Waals surface area contributed by atoms with E-state index < -0.39 is 0 Å². The summed E-state index contributed by atoms with van der Waals surface area (Å²) >= 11 is 0. The molecule has 0 N–H and O–H groups in total. The van der Waals surface area contributed by atoms with Gasteiger partial charge in [0, 0.05) is 31.3 Å². The Bertz CT molecular complexity index is 1100. The van der Waals surface area contributed by atoms with E-state index in [-0.39, 0.29) is 20.1 Å². The Morgan fingerprint density at radius 2 is 1.69 bits per heavy atom. The van der Waals surface area contributed by atoms with Gasteiger partial charge in [0.1, 0.15) is 0 Å². The van der Waals surface area contributed by atoms with Gasteiger partial charge in [0.05, 0.1) is 6.34 Å². The molecule has 3 aromatic carbocycles. The predicted molar refractivity (Wildman–Crippen MR) is 103 cm³/mol. The first-order valence-corrected chi connectivity index (χ1v) is 8.22. The summed E-state index contributed by atoms with van der Waals surface area (Å²) in [7, 11) is 1.96. The molecule has 0 spiro atoms. The number of benzene rings is 3. The van der Waals surface area contributed by atoms with Gasteiger partial charge in [0.25, 0.3) is 0 Å². The number of para-hydroxylation sites is 2. The van der Waals surface area contributed by atoms with Crippen molar-refractivity contribution < 1.29 is 20.1 Å². The second kappa shape index (κ2) is 6.60. The summed E-state index contributed by atoms with van der Waals surface area (Å²) in [6, 6.07) is 26.5. The molecule has 4 nitrogen and oxygen atoms in total. The third-order valence-electron chi connectivity index (χ3n) is 4.50. The van der Waals surface area contributed by atoms with Crippen molar-refractivity contribution in [1.82, 2.24) is 9.47 Å². The van der Waals surface area contributed by atoms with Gasteiger partial charge in [-0.25, -0.2) is 0 Å². The van der Waals surface area contributed by atoms with Gasteiger partial charge in [-0.1, -0.05) is 47.6 Å². The van der Waals surface area contributed by atoms with Crippen LogP contribution in [0, 0.1) is 12.7 Å². The van der Waals surface area contributed by atoms with Crippen molar-refractivity contribution in [2.45, 2.75) is 0 Å². The van der Waals surface area contributed by atoms with Crippen LogP contribution in [-0.4, -0.2) is 22.9 Å². The molecule has 1 aliphatic heterocycles. The summed E-state index contributed by atoms with van der Waals surface area (Å²) in [6.07, 6.45) is 1.78. The van der Waals surface area contributed by atoms with Gasteiger partial charge in [-0.2, -0.15) is 17.2 Å². The van der Waals surface area contributed by atoms with Gasteiger partial charge in [-0.15, -0.1) is 18.1 Å². The average molecular weight is 517 g/mol. The minimum atomic E-state index is 0. The number of nitrogens with zero attached hydrogens (tertiary/aromatic N) is 4. The fourth-order valence-corrected chi connectivity index (χ4v) is 3.38. The van der Waals surface area contributed by atoms with Crippen LogP contribution in [-0.2, 0) is 20.1 Å². The number of rotatable bonds is 2. The van der Waals surface area contributed by atoms with E-state index in [4.69, 9.17) is 0 Å². The molecular weight excluding hydrogens is 500 g/mol. The van der Waals surface area contributed by atoms with Crippen LogP contribution in [0.25, 0.3) is 27.5 Å². The first-order chi connectivity index (χ1) is 12.3. The van der Waals surface area contributed by atoms with Gasteiger partial charge in [0.15, 0.2) is 0 Å². The fraction of sp³-hybridized carbons (Fsp3) is 0.0476. The van der Waals surface area contributed by atoms with Crippen LogP contribution in [0.2, 0.25) is 0 Å². The first-order valence-electron chi connectivity index (χ1n) is 8.22.